The van der Waals surface area contributed by atoms with Crippen LogP contribution in [-0.4, -0.2) is 36.3 Å². The minimum atomic E-state index is -0.437. The van der Waals surface area contributed by atoms with Crippen LogP contribution in [0.3, 0.4) is 0 Å². The summed E-state index contributed by atoms with van der Waals surface area (Å²) in [6.07, 6.45) is 2.80. The molecule has 0 saturated carbocycles. The van der Waals surface area contributed by atoms with E-state index in [9.17, 15) is 9.59 Å². The number of unbranched alkanes of at least 4 members (excludes halogenated alkanes) is 1. The molecule has 0 N–H and O–H groups in total. The Morgan fingerprint density at radius 2 is 1.57 bits per heavy atom. The Bertz CT molecular complexity index is 445. The average molecular weight is 290 g/mol. The van der Waals surface area contributed by atoms with Crippen molar-refractivity contribution in [2.45, 2.75) is 40.0 Å². The molecular weight excluding hydrogens is 264 g/mol. The zero-order chi connectivity index (χ0) is 15.7. The molecule has 0 heterocycles. The molecule has 0 fully saturated rings. The predicted molar refractivity (Wildman–Crippen MR) is 86.2 cm³/mol. The van der Waals surface area contributed by atoms with Crippen LogP contribution >= 0.6 is 0 Å². The molecule has 0 bridgehead atoms. The van der Waals surface area contributed by atoms with Crippen molar-refractivity contribution in [1.29, 1.82) is 0 Å². The quantitative estimate of drug-likeness (QED) is 0.724. The normalized spacial score (nSPS) is 10.2. The van der Waals surface area contributed by atoms with Crippen LogP contribution in [-0.2, 0) is 9.59 Å². The highest BCUT2D eigenvalue weighted by Gasteiger charge is 2.26. The van der Waals surface area contributed by atoms with Gasteiger partial charge in [-0.25, -0.2) is 0 Å². The summed E-state index contributed by atoms with van der Waals surface area (Å²) in [5.41, 5.74) is 0.769. The Hall–Kier alpha value is -1.84. The van der Waals surface area contributed by atoms with Gasteiger partial charge in [-0.05, 0) is 31.9 Å². The fourth-order valence-corrected chi connectivity index (χ4v) is 2.24. The van der Waals surface area contributed by atoms with Crippen molar-refractivity contribution in [2.24, 2.45) is 0 Å². The molecule has 21 heavy (non-hydrogen) atoms. The molecule has 0 aliphatic rings. The summed E-state index contributed by atoms with van der Waals surface area (Å²) >= 11 is 0. The molecule has 0 spiro atoms. The Kier molecular flexibility index (Phi) is 7.51. The monoisotopic (exact) mass is 290 g/mol. The maximum absolute atomic E-state index is 12.5. The number of hydrogen-bond acceptors (Lipinski definition) is 2. The lowest BCUT2D eigenvalue weighted by atomic mass is 10.2. The van der Waals surface area contributed by atoms with Crippen LogP contribution in [0.25, 0.3) is 0 Å². The van der Waals surface area contributed by atoms with Gasteiger partial charge in [-0.2, -0.15) is 0 Å². The molecule has 0 aromatic heterocycles. The van der Waals surface area contributed by atoms with Crippen molar-refractivity contribution in [1.82, 2.24) is 4.90 Å². The molecule has 0 aliphatic heterocycles. The Morgan fingerprint density at radius 1 is 0.905 bits per heavy atom. The van der Waals surface area contributed by atoms with Gasteiger partial charge >= 0.3 is 11.8 Å². The predicted octanol–water partition coefficient (Wildman–Crippen LogP) is 3.08. The number of anilines is 1. The Labute approximate surface area is 127 Å². The van der Waals surface area contributed by atoms with E-state index in [1.165, 1.54) is 4.90 Å². The van der Waals surface area contributed by atoms with E-state index in [-0.39, 0.29) is 0 Å². The van der Waals surface area contributed by atoms with Gasteiger partial charge in [0.2, 0.25) is 0 Å². The van der Waals surface area contributed by atoms with Crippen LogP contribution in [0.2, 0.25) is 0 Å². The second kappa shape index (κ2) is 9.16. The highest BCUT2D eigenvalue weighted by molar-refractivity contribution is 6.40. The molecule has 0 unspecified atom stereocenters. The molecule has 0 saturated heterocycles. The van der Waals surface area contributed by atoms with Gasteiger partial charge in [-0.15, -0.1) is 0 Å². The minimum Gasteiger partial charge on any atom is -0.334 e. The van der Waals surface area contributed by atoms with Crippen molar-refractivity contribution in [2.75, 3.05) is 24.5 Å². The first-order chi connectivity index (χ1) is 10.2. The number of likely N-dealkylation sites (N-methyl/N-ethyl adjacent to an activating group) is 1. The Balaban J connectivity index is 2.84. The number of amides is 2. The SMILES string of the molecule is CCCCN(CCC)C(=O)C(=O)N(CC)c1ccccc1. The third-order valence-corrected chi connectivity index (χ3v) is 3.37. The molecule has 116 valence electrons. The fourth-order valence-electron chi connectivity index (χ4n) is 2.24. The standard InChI is InChI=1S/C17H26N2O2/c1-4-7-14-18(13-5-2)16(20)17(21)19(6-3)15-11-9-8-10-12-15/h8-12H,4-7,13-14H2,1-3H3. The van der Waals surface area contributed by atoms with Gasteiger partial charge < -0.3 is 9.80 Å². The molecule has 2 amide bonds. The number of para-hydroxylation sites is 1. The highest BCUT2D eigenvalue weighted by atomic mass is 16.2. The maximum Gasteiger partial charge on any atom is 0.316 e. The summed E-state index contributed by atoms with van der Waals surface area (Å²) in [7, 11) is 0. The van der Waals surface area contributed by atoms with E-state index in [0.717, 1.165) is 24.9 Å². The molecule has 0 aliphatic carbocycles. The van der Waals surface area contributed by atoms with Crippen LogP contribution < -0.4 is 4.90 Å². The summed E-state index contributed by atoms with van der Waals surface area (Å²) in [6, 6.07) is 9.34. The van der Waals surface area contributed by atoms with E-state index in [0.29, 0.717) is 19.6 Å². The van der Waals surface area contributed by atoms with Crippen LogP contribution in [0, 0.1) is 0 Å². The van der Waals surface area contributed by atoms with Crippen molar-refractivity contribution < 1.29 is 9.59 Å². The first-order valence-corrected chi connectivity index (χ1v) is 7.81. The van der Waals surface area contributed by atoms with E-state index in [1.807, 2.05) is 44.2 Å². The molecule has 4 nitrogen and oxygen atoms in total. The summed E-state index contributed by atoms with van der Waals surface area (Å²) in [5.74, 6) is -0.829. The van der Waals surface area contributed by atoms with Gasteiger partial charge in [-0.1, -0.05) is 38.5 Å². The van der Waals surface area contributed by atoms with Gasteiger partial charge in [0.05, 0.1) is 0 Å². The highest BCUT2D eigenvalue weighted by Crippen LogP contribution is 2.14. The van der Waals surface area contributed by atoms with E-state index >= 15 is 0 Å². The van der Waals surface area contributed by atoms with Gasteiger partial charge in [0, 0.05) is 25.3 Å². The zero-order valence-electron chi connectivity index (χ0n) is 13.3. The van der Waals surface area contributed by atoms with E-state index < -0.39 is 11.8 Å². The number of rotatable bonds is 7. The van der Waals surface area contributed by atoms with Crippen molar-refractivity contribution in [3.63, 3.8) is 0 Å². The summed E-state index contributed by atoms with van der Waals surface area (Å²) < 4.78 is 0. The molecule has 1 aromatic carbocycles. The van der Waals surface area contributed by atoms with Crippen LogP contribution in [0.4, 0.5) is 5.69 Å². The molecule has 1 aromatic rings. The topological polar surface area (TPSA) is 40.6 Å². The van der Waals surface area contributed by atoms with Crippen LogP contribution in [0.15, 0.2) is 30.3 Å². The number of carbonyl (C=O) groups excluding carboxylic acids is 2. The number of carbonyl (C=O) groups is 2. The lowest BCUT2D eigenvalue weighted by Gasteiger charge is -2.26. The van der Waals surface area contributed by atoms with Gasteiger partial charge in [-0.3, -0.25) is 9.59 Å². The second-order valence-corrected chi connectivity index (χ2v) is 5.03. The third kappa shape index (κ3) is 4.88. The summed E-state index contributed by atoms with van der Waals surface area (Å²) in [6.45, 7) is 7.76. The average Bonchev–Trinajstić information content (AvgIpc) is 2.52. The first kappa shape index (κ1) is 17.2. The molecular formula is C17H26N2O2. The number of benzene rings is 1. The van der Waals surface area contributed by atoms with Crippen LogP contribution in [0.1, 0.15) is 40.0 Å². The summed E-state index contributed by atoms with van der Waals surface area (Å²) in [5, 5.41) is 0. The van der Waals surface area contributed by atoms with Gasteiger partial charge in [0.1, 0.15) is 0 Å². The summed E-state index contributed by atoms with van der Waals surface area (Å²) in [4.78, 5) is 28.2. The third-order valence-electron chi connectivity index (χ3n) is 3.37. The fraction of sp³-hybridized carbons (Fsp3) is 0.529. The Morgan fingerprint density at radius 3 is 2.10 bits per heavy atom. The van der Waals surface area contributed by atoms with E-state index in [4.69, 9.17) is 0 Å². The second-order valence-electron chi connectivity index (χ2n) is 5.03. The molecule has 0 radical (unpaired) electrons. The largest absolute Gasteiger partial charge is 0.334 e. The van der Waals surface area contributed by atoms with E-state index in [1.54, 1.807) is 4.90 Å². The molecule has 0 atom stereocenters. The van der Waals surface area contributed by atoms with Crippen molar-refractivity contribution in [3.8, 4) is 0 Å². The van der Waals surface area contributed by atoms with Gasteiger partial charge in [0.25, 0.3) is 0 Å². The van der Waals surface area contributed by atoms with Gasteiger partial charge in [0.15, 0.2) is 0 Å². The van der Waals surface area contributed by atoms with Crippen molar-refractivity contribution in [3.05, 3.63) is 30.3 Å². The van der Waals surface area contributed by atoms with Crippen LogP contribution in [0.5, 0.6) is 0 Å². The first-order valence-electron chi connectivity index (χ1n) is 7.81. The van der Waals surface area contributed by atoms with E-state index in [2.05, 4.69) is 6.92 Å². The molecule has 4 heteroatoms. The lowest BCUT2D eigenvalue weighted by molar-refractivity contribution is -0.144. The van der Waals surface area contributed by atoms with Crippen molar-refractivity contribution >= 4 is 17.5 Å². The maximum atomic E-state index is 12.5. The number of hydrogen-bond donors (Lipinski definition) is 0. The smallest absolute Gasteiger partial charge is 0.316 e. The number of nitrogens with zero attached hydrogens (tertiary/aromatic N) is 2. The lowest BCUT2D eigenvalue weighted by Crippen LogP contribution is -2.46. The molecule has 1 rings (SSSR count). The zero-order valence-corrected chi connectivity index (χ0v) is 13.3. The minimum absolute atomic E-state index is 0.393.